The minimum Gasteiger partial charge on any atom is -0.393 e. The zero-order valence-corrected chi connectivity index (χ0v) is 25.5. The Morgan fingerprint density at radius 2 is 1.78 bits per heavy atom. The van der Waals surface area contributed by atoms with Gasteiger partial charge in [-0.3, -0.25) is 9.78 Å². The fourth-order valence-electron chi connectivity index (χ4n) is 10.6. The maximum Gasteiger partial charge on any atom is 0.378 e. The zero-order chi connectivity index (χ0) is 29.1. The minimum atomic E-state index is -0.737. The van der Waals surface area contributed by atoms with Gasteiger partial charge in [-0.25, -0.2) is 9.59 Å². The monoisotopic (exact) mass is 564 g/mol. The van der Waals surface area contributed by atoms with Crippen LogP contribution in [0.5, 0.6) is 0 Å². The van der Waals surface area contributed by atoms with Crippen LogP contribution in [0.25, 0.3) is 0 Å². The molecule has 224 valence electrons. The maximum atomic E-state index is 13.1. The Labute approximate surface area is 245 Å². The molecule has 0 spiro atoms. The number of rotatable bonds is 6. The second kappa shape index (κ2) is 10.8. The summed E-state index contributed by atoms with van der Waals surface area (Å²) in [6.07, 6.45) is 13.3. The van der Waals surface area contributed by atoms with Crippen molar-refractivity contribution in [1.29, 1.82) is 0 Å². The second-order valence-electron chi connectivity index (χ2n) is 14.9. The van der Waals surface area contributed by atoms with Crippen LogP contribution in [-0.2, 0) is 14.8 Å². The number of carbonyl (C=O) groups is 2. The van der Waals surface area contributed by atoms with Gasteiger partial charge in [0.2, 0.25) is 0 Å². The number of carbonyl (C=O) groups excluding carboxylic acids is 2. The van der Waals surface area contributed by atoms with Crippen molar-refractivity contribution in [3.63, 3.8) is 0 Å². The van der Waals surface area contributed by atoms with E-state index in [1.807, 2.05) is 12.1 Å². The van der Waals surface area contributed by atoms with Gasteiger partial charge >= 0.3 is 11.9 Å². The molecule has 3 fully saturated rings. The van der Waals surface area contributed by atoms with E-state index in [1.165, 1.54) is 44.1 Å². The first-order valence-electron chi connectivity index (χ1n) is 16.2. The molecule has 0 amide bonds. The smallest absolute Gasteiger partial charge is 0.378 e. The van der Waals surface area contributed by atoms with Gasteiger partial charge in [0.1, 0.15) is 0 Å². The van der Waals surface area contributed by atoms with Crippen LogP contribution in [0.2, 0.25) is 0 Å². The summed E-state index contributed by atoms with van der Waals surface area (Å²) < 4.78 is 0. The fraction of sp³-hybridized carbons (Fsp3) is 0.714. The summed E-state index contributed by atoms with van der Waals surface area (Å²) in [7, 11) is 0. The molecular weight excluding hydrogens is 516 g/mol. The van der Waals surface area contributed by atoms with Crippen molar-refractivity contribution in [3.05, 3.63) is 46.5 Å². The van der Waals surface area contributed by atoms with Gasteiger partial charge in [0.25, 0.3) is 0 Å². The first-order valence-corrected chi connectivity index (χ1v) is 16.2. The number of hydrogen-bond donors (Lipinski definition) is 1. The Bertz CT molecular complexity index is 1220. The van der Waals surface area contributed by atoms with Crippen molar-refractivity contribution in [2.75, 3.05) is 0 Å². The van der Waals surface area contributed by atoms with E-state index >= 15 is 0 Å². The maximum absolute atomic E-state index is 13.1. The van der Waals surface area contributed by atoms with Crippen LogP contribution in [0.3, 0.4) is 0 Å². The van der Waals surface area contributed by atoms with E-state index in [9.17, 15) is 14.7 Å². The molecule has 6 rings (SSSR count). The highest BCUT2D eigenvalue weighted by Crippen LogP contribution is 2.69. The number of hydrogen-bond acceptors (Lipinski definition) is 6. The van der Waals surface area contributed by atoms with E-state index in [0.717, 1.165) is 36.2 Å². The summed E-state index contributed by atoms with van der Waals surface area (Å²) in [6, 6.07) is 5.33. The van der Waals surface area contributed by atoms with Gasteiger partial charge in [0.05, 0.1) is 17.2 Å². The van der Waals surface area contributed by atoms with Gasteiger partial charge in [0.15, 0.2) is 0 Å². The van der Waals surface area contributed by atoms with Crippen LogP contribution in [-0.4, -0.2) is 23.1 Å². The van der Waals surface area contributed by atoms with Crippen LogP contribution in [0, 0.1) is 46.3 Å². The molecule has 1 aliphatic heterocycles. The molecule has 0 radical (unpaired) electrons. The summed E-state index contributed by atoms with van der Waals surface area (Å²) in [4.78, 5) is 35.2. The summed E-state index contributed by atoms with van der Waals surface area (Å²) in [6.45, 7) is 12.2. The van der Waals surface area contributed by atoms with Crippen molar-refractivity contribution in [2.24, 2.45) is 46.3 Å². The predicted octanol–water partition coefficient (Wildman–Crippen LogP) is 7.96. The standard InChI is InChI=1S/C35H48O6/c1-20(2)8-6-9-21(3)27-14-15-28-24-13-12-22-18-23(36)19-30(35(22,5)29(24)16-17-34(27,28)4)25-10-7-11-26-31(25)33(38)40-41-39-32(26)37/h7,10-12,20-21,23-24,27-30,36H,6,8-9,13-19H2,1-5H3/t21-,23-,24+,27-,28+,29+,30?,34-,35-/m1/s1. The van der Waals surface area contributed by atoms with Crippen molar-refractivity contribution in [2.45, 2.75) is 111 Å². The SMILES string of the molecule is CC(C)CCC[C@@H](C)[C@H]1CC[C@H]2[C@@H]3CC=C4C[C@@H](O)CC(c5cccc6c5C(=O)OOOC6=O)[C@@]4(C)[C@H]3CC[C@]12C. The van der Waals surface area contributed by atoms with E-state index in [2.05, 4.69) is 50.6 Å². The molecular formula is C35H48O6. The first kappa shape index (κ1) is 28.9. The topological polar surface area (TPSA) is 82.1 Å². The minimum absolute atomic E-state index is 0.116. The van der Waals surface area contributed by atoms with E-state index in [1.54, 1.807) is 6.07 Å². The van der Waals surface area contributed by atoms with Gasteiger partial charge in [-0.15, -0.1) is 0 Å². The zero-order valence-electron chi connectivity index (χ0n) is 25.5. The Morgan fingerprint density at radius 1 is 1.00 bits per heavy atom. The third-order valence-corrected chi connectivity index (χ3v) is 12.5. The Hall–Kier alpha value is -2.18. The van der Waals surface area contributed by atoms with E-state index in [4.69, 9.17) is 4.89 Å². The molecule has 1 aromatic carbocycles. The molecule has 9 atom stereocenters. The van der Waals surface area contributed by atoms with Crippen LogP contribution in [0.1, 0.15) is 131 Å². The van der Waals surface area contributed by atoms with Crippen molar-refractivity contribution in [3.8, 4) is 0 Å². The molecule has 4 aliphatic carbocycles. The van der Waals surface area contributed by atoms with Gasteiger partial charge in [-0.1, -0.05) is 77.7 Å². The molecule has 0 aromatic heterocycles. The molecule has 0 bridgehead atoms. The molecule has 1 N–H and O–H groups in total. The highest BCUT2D eigenvalue weighted by atomic mass is 17.5. The molecule has 1 heterocycles. The summed E-state index contributed by atoms with van der Waals surface area (Å²) in [5, 5.41) is 15.5. The number of aliphatic hydroxyl groups is 1. The molecule has 6 heteroatoms. The fourth-order valence-corrected chi connectivity index (χ4v) is 10.6. The molecule has 6 nitrogen and oxygen atoms in total. The van der Waals surface area contributed by atoms with Crippen LogP contribution in [0.15, 0.2) is 29.8 Å². The largest absolute Gasteiger partial charge is 0.393 e. The molecule has 1 unspecified atom stereocenters. The molecule has 5 aliphatic rings. The summed E-state index contributed by atoms with van der Waals surface area (Å²) >= 11 is 0. The molecule has 3 saturated carbocycles. The predicted molar refractivity (Wildman–Crippen MR) is 156 cm³/mol. The highest BCUT2D eigenvalue weighted by molar-refractivity contribution is 6.04. The average Bonchev–Trinajstić information content (AvgIpc) is 3.22. The van der Waals surface area contributed by atoms with E-state index in [-0.39, 0.29) is 22.5 Å². The Balaban J connectivity index is 1.34. The third-order valence-electron chi connectivity index (χ3n) is 12.5. The first-order chi connectivity index (χ1) is 19.6. The quantitative estimate of drug-likeness (QED) is 0.279. The lowest BCUT2D eigenvalue weighted by Gasteiger charge is -2.61. The molecule has 0 saturated heterocycles. The number of aliphatic hydroxyl groups excluding tert-OH is 1. The number of fused-ring (bicyclic) bond motifs is 6. The van der Waals surface area contributed by atoms with Gasteiger partial charge in [-0.2, -0.15) is 0 Å². The second-order valence-corrected chi connectivity index (χ2v) is 14.9. The van der Waals surface area contributed by atoms with Gasteiger partial charge < -0.3 is 5.11 Å². The van der Waals surface area contributed by atoms with E-state index in [0.29, 0.717) is 36.0 Å². The molecule has 1 aromatic rings. The summed E-state index contributed by atoms with van der Waals surface area (Å²) in [5.74, 6) is 2.50. The number of allylic oxidation sites excluding steroid dienone is 1. The van der Waals surface area contributed by atoms with Crippen molar-refractivity contribution in [1.82, 2.24) is 0 Å². The van der Waals surface area contributed by atoms with Gasteiger partial charge in [0, 0.05) is 5.04 Å². The Morgan fingerprint density at radius 3 is 2.56 bits per heavy atom. The average molecular weight is 565 g/mol. The lowest BCUT2D eigenvalue weighted by molar-refractivity contribution is -0.444. The normalized spacial score (nSPS) is 39.0. The lowest BCUT2D eigenvalue weighted by Crippen LogP contribution is -2.53. The van der Waals surface area contributed by atoms with E-state index < -0.39 is 18.0 Å². The number of benzene rings is 1. The van der Waals surface area contributed by atoms with Crippen LogP contribution >= 0.6 is 0 Å². The summed E-state index contributed by atoms with van der Waals surface area (Å²) in [5.41, 5.74) is 2.62. The van der Waals surface area contributed by atoms with Crippen molar-refractivity contribution < 1.29 is 29.5 Å². The Kier molecular flexibility index (Phi) is 7.64. The molecule has 41 heavy (non-hydrogen) atoms. The highest BCUT2D eigenvalue weighted by Gasteiger charge is 2.61. The van der Waals surface area contributed by atoms with Crippen molar-refractivity contribution >= 4 is 11.9 Å². The third kappa shape index (κ3) is 4.68. The lowest BCUT2D eigenvalue weighted by atomic mass is 9.44. The van der Waals surface area contributed by atoms with Crippen LogP contribution < -0.4 is 0 Å². The van der Waals surface area contributed by atoms with Crippen LogP contribution in [0.4, 0.5) is 0 Å². The van der Waals surface area contributed by atoms with Gasteiger partial charge in [-0.05, 0) is 109 Å².